The lowest BCUT2D eigenvalue weighted by molar-refractivity contribution is -0.139. The van der Waals surface area contributed by atoms with Gasteiger partial charge in [-0.2, -0.15) is 0 Å². The number of hydrogen-bond donors (Lipinski definition) is 0. The minimum absolute atomic E-state index is 0.00923. The van der Waals surface area contributed by atoms with Crippen LogP contribution in [0.15, 0.2) is 18.5 Å². The largest absolute Gasteiger partial charge is 0.375 e. The molecule has 2 atom stereocenters. The van der Waals surface area contributed by atoms with Crippen LogP contribution in [0.3, 0.4) is 0 Å². The Kier molecular flexibility index (Phi) is 4.30. The first-order valence-corrected chi connectivity index (χ1v) is 9.13. The molecule has 1 aromatic heterocycles. The molecule has 3 aliphatic heterocycles. The maximum Gasteiger partial charge on any atom is 0.248 e. The molecule has 3 saturated heterocycles. The number of fused-ring (bicyclic) bond motifs is 2. The van der Waals surface area contributed by atoms with E-state index in [-0.39, 0.29) is 35.8 Å². The summed E-state index contributed by atoms with van der Waals surface area (Å²) in [6, 6.07) is 1.80. The number of carbonyl (C=O) groups is 2. The van der Waals surface area contributed by atoms with Crippen LogP contribution in [0.2, 0.25) is 0 Å². The van der Waals surface area contributed by atoms with Gasteiger partial charge in [0.2, 0.25) is 17.8 Å². The summed E-state index contributed by atoms with van der Waals surface area (Å²) in [5, 5.41) is 0. The molecule has 0 aliphatic carbocycles. The highest BCUT2D eigenvalue weighted by Gasteiger charge is 2.60. The van der Waals surface area contributed by atoms with Gasteiger partial charge in [0.1, 0.15) is 6.61 Å². The van der Waals surface area contributed by atoms with E-state index >= 15 is 0 Å². The van der Waals surface area contributed by atoms with E-state index in [0.717, 1.165) is 19.4 Å². The van der Waals surface area contributed by atoms with Gasteiger partial charge in [-0.15, -0.1) is 0 Å². The molecule has 0 saturated carbocycles. The zero-order chi connectivity index (χ0) is 18.3. The fraction of sp³-hybridized carbons (Fsp3) is 0.667. The molecule has 4 rings (SSSR count). The zero-order valence-electron chi connectivity index (χ0n) is 15.3. The standard InChI is InChI=1S/C18H25N5O3/c1-21-16(25)13-10-23(17-19-6-3-7-20-17)11-14(13)18(21)4-8-22(9-5-18)15(24)12-26-2/h3,6-7,13-14H,4-5,8-12H2,1-2H3/t13-,14+/m1/s1. The number of ether oxygens (including phenoxy) is 1. The second-order valence-electron chi connectivity index (χ2n) is 7.48. The fourth-order valence-electron chi connectivity index (χ4n) is 5.00. The number of likely N-dealkylation sites (tertiary alicyclic amines) is 2. The van der Waals surface area contributed by atoms with Crippen molar-refractivity contribution in [3.63, 3.8) is 0 Å². The number of aromatic nitrogens is 2. The summed E-state index contributed by atoms with van der Waals surface area (Å²) in [6.45, 7) is 2.92. The van der Waals surface area contributed by atoms with Gasteiger partial charge >= 0.3 is 0 Å². The number of carbonyl (C=O) groups excluding carboxylic acids is 2. The minimum Gasteiger partial charge on any atom is -0.375 e. The average molecular weight is 359 g/mol. The highest BCUT2D eigenvalue weighted by Crippen LogP contribution is 2.49. The summed E-state index contributed by atoms with van der Waals surface area (Å²) in [5.41, 5.74) is -0.171. The van der Waals surface area contributed by atoms with Crippen LogP contribution >= 0.6 is 0 Å². The van der Waals surface area contributed by atoms with Gasteiger partial charge in [-0.05, 0) is 18.9 Å². The second-order valence-corrected chi connectivity index (χ2v) is 7.48. The van der Waals surface area contributed by atoms with Gasteiger partial charge in [-0.25, -0.2) is 9.97 Å². The van der Waals surface area contributed by atoms with Gasteiger partial charge in [0, 0.05) is 58.6 Å². The van der Waals surface area contributed by atoms with E-state index in [4.69, 9.17) is 4.74 Å². The van der Waals surface area contributed by atoms with Gasteiger partial charge in [0.05, 0.1) is 11.5 Å². The lowest BCUT2D eigenvalue weighted by atomic mass is 9.75. The highest BCUT2D eigenvalue weighted by molar-refractivity contribution is 5.84. The number of anilines is 1. The number of methoxy groups -OCH3 is 1. The monoisotopic (exact) mass is 359 g/mol. The van der Waals surface area contributed by atoms with Crippen molar-refractivity contribution in [3.05, 3.63) is 18.5 Å². The number of amides is 2. The number of piperidine rings is 1. The van der Waals surface area contributed by atoms with Crippen LogP contribution in [0.4, 0.5) is 5.95 Å². The SMILES string of the molecule is COCC(=O)N1CCC2(CC1)[C@H]1CN(c3ncccn3)C[C@H]1C(=O)N2C. The average Bonchev–Trinajstić information content (AvgIpc) is 3.19. The van der Waals surface area contributed by atoms with Crippen LogP contribution in [0.25, 0.3) is 0 Å². The maximum atomic E-state index is 12.9. The molecule has 2 amide bonds. The van der Waals surface area contributed by atoms with E-state index < -0.39 is 0 Å². The van der Waals surface area contributed by atoms with Gasteiger partial charge in [-0.1, -0.05) is 0 Å². The van der Waals surface area contributed by atoms with Crippen LogP contribution < -0.4 is 4.90 Å². The smallest absolute Gasteiger partial charge is 0.248 e. The van der Waals surface area contributed by atoms with Crippen LogP contribution in [0.1, 0.15) is 12.8 Å². The Morgan fingerprint density at radius 1 is 1.27 bits per heavy atom. The van der Waals surface area contributed by atoms with E-state index in [1.54, 1.807) is 18.5 Å². The van der Waals surface area contributed by atoms with E-state index in [1.165, 1.54) is 7.11 Å². The second kappa shape index (κ2) is 6.50. The van der Waals surface area contributed by atoms with Crippen molar-refractivity contribution in [2.75, 3.05) is 51.8 Å². The molecule has 0 radical (unpaired) electrons. The molecular formula is C18H25N5O3. The van der Waals surface area contributed by atoms with Crippen LogP contribution in [0.5, 0.6) is 0 Å². The van der Waals surface area contributed by atoms with Gasteiger partial charge in [-0.3, -0.25) is 9.59 Å². The Hall–Kier alpha value is -2.22. The molecule has 0 unspecified atom stereocenters. The van der Waals surface area contributed by atoms with Gasteiger partial charge < -0.3 is 19.4 Å². The number of hydrogen-bond acceptors (Lipinski definition) is 6. The quantitative estimate of drug-likeness (QED) is 0.756. The zero-order valence-corrected chi connectivity index (χ0v) is 15.3. The Morgan fingerprint density at radius 2 is 1.96 bits per heavy atom. The first-order chi connectivity index (χ1) is 12.6. The molecule has 8 heteroatoms. The van der Waals surface area contributed by atoms with Crippen molar-refractivity contribution < 1.29 is 14.3 Å². The summed E-state index contributed by atoms with van der Waals surface area (Å²) < 4.78 is 4.97. The Labute approximate surface area is 153 Å². The summed E-state index contributed by atoms with van der Waals surface area (Å²) in [4.78, 5) is 39.7. The minimum atomic E-state index is -0.171. The molecule has 0 bridgehead atoms. The predicted octanol–water partition coefficient (Wildman–Crippen LogP) is 0.00860. The summed E-state index contributed by atoms with van der Waals surface area (Å²) in [7, 11) is 3.47. The topological polar surface area (TPSA) is 78.9 Å². The van der Waals surface area contributed by atoms with Crippen molar-refractivity contribution in [1.29, 1.82) is 0 Å². The Balaban J connectivity index is 1.52. The molecule has 8 nitrogen and oxygen atoms in total. The third-order valence-corrected chi connectivity index (χ3v) is 6.41. The first kappa shape index (κ1) is 17.2. The third-order valence-electron chi connectivity index (χ3n) is 6.41. The maximum absolute atomic E-state index is 12.9. The molecule has 3 aliphatic rings. The van der Waals surface area contributed by atoms with Crippen LogP contribution in [-0.2, 0) is 14.3 Å². The van der Waals surface area contributed by atoms with E-state index in [1.807, 2.05) is 16.8 Å². The summed E-state index contributed by atoms with van der Waals surface area (Å²) >= 11 is 0. The number of rotatable bonds is 3. The first-order valence-electron chi connectivity index (χ1n) is 9.13. The normalized spacial score (nSPS) is 27.3. The molecule has 4 heterocycles. The Bertz CT molecular complexity index is 689. The van der Waals surface area contributed by atoms with Crippen molar-refractivity contribution in [1.82, 2.24) is 19.8 Å². The molecule has 0 aromatic carbocycles. The molecule has 0 N–H and O–H groups in total. The summed E-state index contributed by atoms with van der Waals surface area (Å²) in [6.07, 6.45) is 5.10. The van der Waals surface area contributed by atoms with E-state index in [9.17, 15) is 9.59 Å². The van der Waals surface area contributed by atoms with Gasteiger partial charge in [0.25, 0.3) is 0 Å². The van der Waals surface area contributed by atoms with Crippen molar-refractivity contribution in [2.24, 2.45) is 11.8 Å². The molecule has 140 valence electrons. The Morgan fingerprint density at radius 3 is 2.62 bits per heavy atom. The predicted molar refractivity (Wildman–Crippen MR) is 94.4 cm³/mol. The highest BCUT2D eigenvalue weighted by atomic mass is 16.5. The van der Waals surface area contributed by atoms with Gasteiger partial charge in [0.15, 0.2) is 0 Å². The fourth-order valence-corrected chi connectivity index (χ4v) is 5.00. The lowest BCUT2D eigenvalue weighted by Crippen LogP contribution is -2.57. The molecular weight excluding hydrogens is 334 g/mol. The van der Waals surface area contributed by atoms with Crippen molar-refractivity contribution >= 4 is 17.8 Å². The number of nitrogens with zero attached hydrogens (tertiary/aromatic N) is 5. The molecule has 3 fully saturated rings. The third kappa shape index (κ3) is 2.55. The molecule has 26 heavy (non-hydrogen) atoms. The summed E-state index contributed by atoms with van der Waals surface area (Å²) in [5.74, 6) is 1.18. The van der Waals surface area contributed by atoms with E-state index in [0.29, 0.717) is 25.6 Å². The van der Waals surface area contributed by atoms with Crippen LogP contribution in [-0.4, -0.2) is 84.1 Å². The lowest BCUT2D eigenvalue weighted by Gasteiger charge is -2.46. The van der Waals surface area contributed by atoms with Crippen molar-refractivity contribution in [3.8, 4) is 0 Å². The molecule has 1 aromatic rings. The van der Waals surface area contributed by atoms with Crippen LogP contribution in [0, 0.1) is 11.8 Å². The molecule has 1 spiro atoms. The van der Waals surface area contributed by atoms with Crippen molar-refractivity contribution in [2.45, 2.75) is 18.4 Å². The van der Waals surface area contributed by atoms with E-state index in [2.05, 4.69) is 14.9 Å².